The summed E-state index contributed by atoms with van der Waals surface area (Å²) in [5.41, 5.74) is 0.742. The summed E-state index contributed by atoms with van der Waals surface area (Å²) >= 11 is 2.11. The van der Waals surface area contributed by atoms with Gasteiger partial charge < -0.3 is 0 Å². The van der Waals surface area contributed by atoms with Crippen LogP contribution in [0.2, 0.25) is 0 Å². The van der Waals surface area contributed by atoms with Crippen LogP contribution in [0.1, 0.15) is 31.0 Å². The molecule has 0 saturated carbocycles. The van der Waals surface area contributed by atoms with Crippen molar-refractivity contribution in [3.05, 3.63) is 75.5 Å². The number of hydrogen-bond acceptors (Lipinski definition) is 4. The number of aliphatic imine (C=N–C) groups is 1. The summed E-state index contributed by atoms with van der Waals surface area (Å²) in [5.74, 6) is -0.118. The van der Waals surface area contributed by atoms with E-state index in [1.54, 1.807) is 44.3 Å². The number of sulfonamides is 1. The Labute approximate surface area is 184 Å². The van der Waals surface area contributed by atoms with Crippen molar-refractivity contribution in [2.24, 2.45) is 4.99 Å². The van der Waals surface area contributed by atoms with E-state index >= 15 is 0 Å². The fourth-order valence-corrected chi connectivity index (χ4v) is 6.10. The summed E-state index contributed by atoms with van der Waals surface area (Å²) in [6.07, 6.45) is 1.69. The second kappa shape index (κ2) is 6.94. The van der Waals surface area contributed by atoms with Gasteiger partial charge in [0, 0.05) is 9.78 Å². The fraction of sp³-hybridized carbons (Fsp3) is 0.238. The molecule has 2 aliphatic rings. The van der Waals surface area contributed by atoms with Gasteiger partial charge in [-0.05, 0) is 61.1 Å². The molecule has 0 aromatic heterocycles. The molecule has 0 radical (unpaired) electrons. The molecule has 1 unspecified atom stereocenters. The number of carbonyl (C=O) groups is 1. The number of rotatable bonds is 3. The molecule has 0 aliphatic carbocycles. The van der Waals surface area contributed by atoms with Gasteiger partial charge in [-0.15, -0.1) is 0 Å². The number of hydrogen-bond donors (Lipinski definition) is 0. The smallest absolute Gasteiger partial charge is 0.267 e. The summed E-state index contributed by atoms with van der Waals surface area (Å²) in [4.78, 5) is 18.9. The number of guanidine groups is 1. The zero-order valence-electron chi connectivity index (χ0n) is 16.2. The van der Waals surface area contributed by atoms with Crippen LogP contribution in [-0.4, -0.2) is 35.0 Å². The molecule has 0 N–H and O–H groups in total. The van der Waals surface area contributed by atoms with Crippen molar-refractivity contribution in [2.45, 2.75) is 37.2 Å². The van der Waals surface area contributed by atoms with Gasteiger partial charge in [0.2, 0.25) is 5.96 Å². The van der Waals surface area contributed by atoms with Crippen LogP contribution in [-0.2, 0) is 14.8 Å². The molecule has 150 valence electrons. The minimum atomic E-state index is -3.97. The molecule has 1 atom stereocenters. The lowest BCUT2D eigenvalue weighted by molar-refractivity contribution is -0.128. The maximum Gasteiger partial charge on any atom is 0.267 e. The fourth-order valence-electron chi connectivity index (χ4n) is 3.43. The van der Waals surface area contributed by atoms with Crippen molar-refractivity contribution in [1.29, 1.82) is 0 Å². The van der Waals surface area contributed by atoms with Gasteiger partial charge in [0.05, 0.1) is 4.90 Å². The maximum atomic E-state index is 13.8. The molecule has 0 saturated heterocycles. The topological polar surface area (TPSA) is 70.0 Å². The molecule has 0 spiro atoms. The van der Waals surface area contributed by atoms with Crippen LogP contribution in [0.25, 0.3) is 0 Å². The molecule has 0 bridgehead atoms. The number of carbonyl (C=O) groups excluding carboxylic acids is 1. The summed E-state index contributed by atoms with van der Waals surface area (Å²) < 4.78 is 29.5. The van der Waals surface area contributed by atoms with Crippen molar-refractivity contribution >= 4 is 44.5 Å². The molecule has 2 aromatic rings. The predicted molar refractivity (Wildman–Crippen MR) is 120 cm³/mol. The molecule has 4 rings (SSSR count). The normalized spacial score (nSPS) is 21.0. The van der Waals surface area contributed by atoms with Gasteiger partial charge in [-0.3, -0.25) is 9.69 Å². The summed E-state index contributed by atoms with van der Waals surface area (Å²) in [6.45, 7) is 5.28. The van der Waals surface area contributed by atoms with E-state index in [-0.39, 0.29) is 16.8 Å². The van der Waals surface area contributed by atoms with E-state index in [1.807, 2.05) is 37.3 Å². The van der Waals surface area contributed by atoms with Crippen molar-refractivity contribution in [3.63, 3.8) is 0 Å². The Kier molecular flexibility index (Phi) is 4.81. The Hall–Kier alpha value is -2.20. The second-order valence-corrected chi connectivity index (χ2v) is 10.6. The average molecular weight is 521 g/mol. The van der Waals surface area contributed by atoms with Gasteiger partial charge in [-0.2, -0.15) is 0 Å². The number of nitrogens with zero attached hydrogens (tertiary/aromatic N) is 3. The third kappa shape index (κ3) is 3.28. The van der Waals surface area contributed by atoms with Gasteiger partial charge in [-0.1, -0.05) is 48.0 Å². The molecule has 2 heterocycles. The van der Waals surface area contributed by atoms with Gasteiger partial charge >= 0.3 is 0 Å². The highest BCUT2D eigenvalue weighted by Crippen LogP contribution is 2.43. The third-order valence-electron chi connectivity index (χ3n) is 4.98. The SMILES string of the molecule is Cc1ccc(S(=O)(=O)N2C3=NC(C)(C)C(=O)N3C=C(I)C2c2ccccc2)cc1. The molecule has 0 fully saturated rings. The molecule has 1 amide bonds. The highest BCUT2D eigenvalue weighted by molar-refractivity contribution is 14.1. The number of fused-ring (bicyclic) bond motifs is 1. The van der Waals surface area contributed by atoms with Crippen molar-refractivity contribution < 1.29 is 13.2 Å². The lowest BCUT2D eigenvalue weighted by Crippen LogP contribution is -2.50. The lowest BCUT2D eigenvalue weighted by Gasteiger charge is -2.38. The van der Waals surface area contributed by atoms with E-state index in [0.29, 0.717) is 0 Å². The van der Waals surface area contributed by atoms with E-state index in [9.17, 15) is 13.2 Å². The minimum Gasteiger partial charge on any atom is -0.271 e. The Morgan fingerprint density at radius 1 is 1.03 bits per heavy atom. The first-order valence-electron chi connectivity index (χ1n) is 9.10. The molecular formula is C21H20IN3O3S. The third-order valence-corrected chi connectivity index (χ3v) is 7.60. The standard InChI is InChI=1S/C21H20IN3O3S/c1-14-9-11-16(12-10-14)29(27,28)25-18(15-7-5-4-6-8-15)17(22)13-24-19(26)21(2,3)23-20(24)25/h4-13,18H,1-3H3. The van der Waals surface area contributed by atoms with E-state index in [0.717, 1.165) is 14.7 Å². The van der Waals surface area contributed by atoms with Crippen LogP contribution in [0.5, 0.6) is 0 Å². The first-order valence-corrected chi connectivity index (χ1v) is 11.6. The predicted octanol–water partition coefficient (Wildman–Crippen LogP) is 3.99. The number of benzene rings is 2. The average Bonchev–Trinajstić information content (AvgIpc) is 2.90. The largest absolute Gasteiger partial charge is 0.271 e. The molecule has 29 heavy (non-hydrogen) atoms. The number of amides is 1. The van der Waals surface area contributed by atoms with Gasteiger partial charge in [0.1, 0.15) is 11.6 Å². The maximum absolute atomic E-state index is 13.8. The molecule has 6 nitrogen and oxygen atoms in total. The monoisotopic (exact) mass is 521 g/mol. The zero-order valence-corrected chi connectivity index (χ0v) is 19.2. The molecule has 2 aliphatic heterocycles. The Morgan fingerprint density at radius 3 is 2.28 bits per heavy atom. The van der Waals surface area contributed by atoms with Crippen molar-refractivity contribution in [3.8, 4) is 0 Å². The highest BCUT2D eigenvalue weighted by atomic mass is 127. The van der Waals surface area contributed by atoms with E-state index in [2.05, 4.69) is 27.6 Å². The first kappa shape index (κ1) is 20.1. The van der Waals surface area contributed by atoms with Crippen LogP contribution in [0.4, 0.5) is 0 Å². The van der Waals surface area contributed by atoms with Crippen LogP contribution >= 0.6 is 22.6 Å². The van der Waals surface area contributed by atoms with Crippen LogP contribution in [0.15, 0.2) is 74.3 Å². The molecule has 2 aromatic carbocycles. The molecule has 8 heteroatoms. The molecular weight excluding hydrogens is 501 g/mol. The first-order chi connectivity index (χ1) is 13.6. The quantitative estimate of drug-likeness (QED) is 0.574. The number of aryl methyl sites for hydroxylation is 1. The Balaban J connectivity index is 1.96. The van der Waals surface area contributed by atoms with Crippen LogP contribution < -0.4 is 0 Å². The van der Waals surface area contributed by atoms with Crippen LogP contribution in [0.3, 0.4) is 0 Å². The van der Waals surface area contributed by atoms with Crippen LogP contribution in [0, 0.1) is 6.92 Å². The van der Waals surface area contributed by atoms with Gasteiger partial charge in [0.15, 0.2) is 0 Å². The van der Waals surface area contributed by atoms with Crippen molar-refractivity contribution in [1.82, 2.24) is 9.21 Å². The second-order valence-electron chi connectivity index (χ2n) is 7.59. The Morgan fingerprint density at radius 2 is 1.66 bits per heavy atom. The Bertz CT molecular complexity index is 1140. The van der Waals surface area contributed by atoms with Gasteiger partial charge in [-0.25, -0.2) is 17.7 Å². The minimum absolute atomic E-state index is 0.134. The number of halogens is 1. The summed E-state index contributed by atoms with van der Waals surface area (Å²) in [6, 6.07) is 15.5. The lowest BCUT2D eigenvalue weighted by atomic mass is 10.1. The van der Waals surface area contributed by atoms with Gasteiger partial charge in [0.25, 0.3) is 15.9 Å². The van der Waals surface area contributed by atoms with E-state index in [4.69, 9.17) is 0 Å². The van der Waals surface area contributed by atoms with Crippen molar-refractivity contribution in [2.75, 3.05) is 0 Å². The summed E-state index contributed by atoms with van der Waals surface area (Å²) in [5, 5.41) is 0. The highest BCUT2D eigenvalue weighted by Gasteiger charge is 2.50. The van der Waals surface area contributed by atoms with E-state index < -0.39 is 21.6 Å². The zero-order chi connectivity index (χ0) is 21.0. The summed E-state index contributed by atoms with van der Waals surface area (Å²) in [7, 11) is -3.97. The van der Waals surface area contributed by atoms with E-state index in [1.165, 1.54) is 9.21 Å².